The highest BCUT2D eigenvalue weighted by molar-refractivity contribution is 7.10. The molecule has 0 bridgehead atoms. The molecule has 1 aromatic heterocycles. The van der Waals surface area contributed by atoms with Crippen LogP contribution < -0.4 is 0 Å². The monoisotopic (exact) mass is 253 g/mol. The van der Waals surface area contributed by atoms with Crippen LogP contribution in [-0.4, -0.2) is 29.6 Å². The van der Waals surface area contributed by atoms with Crippen LogP contribution in [0.25, 0.3) is 0 Å². The number of aliphatic hydroxyl groups excluding tert-OH is 1. The van der Waals surface area contributed by atoms with Gasteiger partial charge in [0.25, 0.3) is 0 Å². The van der Waals surface area contributed by atoms with Crippen molar-refractivity contribution >= 4 is 11.3 Å². The Morgan fingerprint density at radius 1 is 1.41 bits per heavy atom. The van der Waals surface area contributed by atoms with Gasteiger partial charge in [0.1, 0.15) is 0 Å². The molecular weight excluding hydrogens is 230 g/mol. The van der Waals surface area contributed by atoms with Gasteiger partial charge in [0.05, 0.1) is 6.10 Å². The summed E-state index contributed by atoms with van der Waals surface area (Å²) in [6.07, 6.45) is 7.42. The van der Waals surface area contributed by atoms with Crippen LogP contribution in [0, 0.1) is 0 Å². The van der Waals surface area contributed by atoms with Gasteiger partial charge in [-0.15, -0.1) is 11.3 Å². The van der Waals surface area contributed by atoms with Gasteiger partial charge < -0.3 is 10.0 Å². The summed E-state index contributed by atoms with van der Waals surface area (Å²) in [6, 6.07) is 4.78. The molecule has 17 heavy (non-hydrogen) atoms. The number of thiophene rings is 1. The quantitative estimate of drug-likeness (QED) is 0.869. The maximum absolute atomic E-state index is 10.0. The number of nitrogens with zero attached hydrogens (tertiary/aromatic N) is 1. The Bertz CT molecular complexity index is 306. The molecule has 96 valence electrons. The number of aliphatic hydroxyl groups is 1. The second-order valence-corrected chi connectivity index (χ2v) is 6.07. The van der Waals surface area contributed by atoms with Crippen molar-refractivity contribution in [3.63, 3.8) is 0 Å². The summed E-state index contributed by atoms with van der Waals surface area (Å²) in [5.74, 6) is 0. The van der Waals surface area contributed by atoms with Crippen LogP contribution in [0.1, 0.15) is 49.5 Å². The maximum atomic E-state index is 10.0. The lowest BCUT2D eigenvalue weighted by atomic mass is 9.94. The third-order valence-corrected chi connectivity index (χ3v) is 4.80. The summed E-state index contributed by atoms with van der Waals surface area (Å²) < 4.78 is 0. The summed E-state index contributed by atoms with van der Waals surface area (Å²) in [5, 5.41) is 12.1. The van der Waals surface area contributed by atoms with Gasteiger partial charge in [-0.25, -0.2) is 0 Å². The molecule has 1 aliphatic rings. The fraction of sp³-hybridized carbons (Fsp3) is 0.714. The molecule has 2 nitrogen and oxygen atoms in total. The van der Waals surface area contributed by atoms with Crippen LogP contribution in [0.5, 0.6) is 0 Å². The molecule has 1 fully saturated rings. The minimum absolute atomic E-state index is 0.277. The minimum Gasteiger partial charge on any atom is -0.388 e. The van der Waals surface area contributed by atoms with E-state index in [0.29, 0.717) is 0 Å². The van der Waals surface area contributed by atoms with Gasteiger partial charge >= 0.3 is 0 Å². The van der Waals surface area contributed by atoms with E-state index in [1.54, 1.807) is 11.3 Å². The number of hydrogen-bond acceptors (Lipinski definition) is 3. The van der Waals surface area contributed by atoms with E-state index in [0.717, 1.165) is 23.9 Å². The van der Waals surface area contributed by atoms with Gasteiger partial charge in [-0.05, 0) is 37.8 Å². The van der Waals surface area contributed by atoms with Gasteiger partial charge in [-0.1, -0.05) is 25.3 Å². The molecule has 0 aromatic carbocycles. The first-order chi connectivity index (χ1) is 8.27. The van der Waals surface area contributed by atoms with Crippen molar-refractivity contribution in [2.75, 3.05) is 13.6 Å². The Kier molecular flexibility index (Phi) is 5.01. The van der Waals surface area contributed by atoms with E-state index in [1.807, 2.05) is 17.5 Å². The summed E-state index contributed by atoms with van der Waals surface area (Å²) >= 11 is 1.65. The summed E-state index contributed by atoms with van der Waals surface area (Å²) in [7, 11) is 2.21. The summed E-state index contributed by atoms with van der Waals surface area (Å²) in [4.78, 5) is 3.54. The minimum atomic E-state index is -0.277. The predicted molar refractivity (Wildman–Crippen MR) is 73.4 cm³/mol. The second kappa shape index (κ2) is 6.53. The Hall–Kier alpha value is -0.380. The molecule has 0 aliphatic heterocycles. The highest BCUT2D eigenvalue weighted by Crippen LogP contribution is 2.25. The molecule has 1 aromatic rings. The highest BCUT2D eigenvalue weighted by atomic mass is 32.1. The molecule has 1 unspecified atom stereocenters. The Balaban J connectivity index is 1.73. The summed E-state index contributed by atoms with van der Waals surface area (Å²) in [6.45, 7) is 1.00. The molecule has 0 saturated heterocycles. The van der Waals surface area contributed by atoms with Crippen molar-refractivity contribution in [1.29, 1.82) is 0 Å². The molecule has 1 heterocycles. The van der Waals surface area contributed by atoms with Crippen LogP contribution in [0.2, 0.25) is 0 Å². The third kappa shape index (κ3) is 3.80. The molecule has 1 atom stereocenters. The average Bonchev–Trinajstić information content (AvgIpc) is 2.90. The lowest BCUT2D eigenvalue weighted by Crippen LogP contribution is -2.34. The van der Waals surface area contributed by atoms with Crippen LogP contribution >= 0.6 is 11.3 Å². The molecule has 0 spiro atoms. The van der Waals surface area contributed by atoms with Crippen LogP contribution in [0.15, 0.2) is 17.5 Å². The zero-order valence-corrected chi connectivity index (χ0v) is 11.5. The molecule has 3 heteroatoms. The van der Waals surface area contributed by atoms with Crippen molar-refractivity contribution in [2.45, 2.75) is 50.7 Å². The first-order valence-electron chi connectivity index (χ1n) is 6.69. The smallest absolute Gasteiger partial charge is 0.0894 e. The van der Waals surface area contributed by atoms with E-state index in [9.17, 15) is 5.11 Å². The first kappa shape index (κ1) is 13.1. The van der Waals surface area contributed by atoms with Crippen molar-refractivity contribution in [1.82, 2.24) is 4.90 Å². The highest BCUT2D eigenvalue weighted by Gasteiger charge is 2.18. The Labute approximate surface area is 108 Å². The Morgan fingerprint density at radius 3 is 2.82 bits per heavy atom. The molecule has 1 aliphatic carbocycles. The molecular formula is C14H23NOS. The van der Waals surface area contributed by atoms with Gasteiger partial charge in [-0.3, -0.25) is 0 Å². The van der Waals surface area contributed by atoms with Crippen LogP contribution in [-0.2, 0) is 0 Å². The average molecular weight is 253 g/mol. The predicted octanol–water partition coefficient (Wildman–Crippen LogP) is 3.44. The van der Waals surface area contributed by atoms with Crippen molar-refractivity contribution < 1.29 is 5.11 Å². The molecule has 0 amide bonds. The van der Waals surface area contributed by atoms with E-state index in [1.165, 1.54) is 32.1 Å². The molecule has 1 saturated carbocycles. The lowest BCUT2D eigenvalue weighted by Gasteiger charge is -2.31. The van der Waals surface area contributed by atoms with Crippen LogP contribution in [0.4, 0.5) is 0 Å². The lowest BCUT2D eigenvalue weighted by molar-refractivity contribution is 0.127. The SMILES string of the molecule is CN(CCC(O)c1cccs1)C1CCCCC1. The number of hydrogen-bond donors (Lipinski definition) is 1. The zero-order valence-electron chi connectivity index (χ0n) is 10.6. The molecule has 0 radical (unpaired) electrons. The maximum Gasteiger partial charge on any atom is 0.0894 e. The zero-order chi connectivity index (χ0) is 12.1. The fourth-order valence-electron chi connectivity index (χ4n) is 2.65. The van der Waals surface area contributed by atoms with E-state index in [4.69, 9.17) is 0 Å². The van der Waals surface area contributed by atoms with Gasteiger partial charge in [-0.2, -0.15) is 0 Å². The largest absolute Gasteiger partial charge is 0.388 e. The third-order valence-electron chi connectivity index (χ3n) is 3.82. The first-order valence-corrected chi connectivity index (χ1v) is 7.57. The van der Waals surface area contributed by atoms with Crippen molar-refractivity contribution in [3.05, 3.63) is 22.4 Å². The topological polar surface area (TPSA) is 23.5 Å². The second-order valence-electron chi connectivity index (χ2n) is 5.09. The number of rotatable bonds is 5. The van der Waals surface area contributed by atoms with Gasteiger partial charge in [0.2, 0.25) is 0 Å². The van der Waals surface area contributed by atoms with Crippen LogP contribution in [0.3, 0.4) is 0 Å². The fourth-order valence-corrected chi connectivity index (χ4v) is 3.40. The summed E-state index contributed by atoms with van der Waals surface area (Å²) in [5.41, 5.74) is 0. The standard InChI is InChI=1S/C14H23NOS/c1-15(12-6-3-2-4-7-12)10-9-13(16)14-8-5-11-17-14/h5,8,11-13,16H,2-4,6-7,9-10H2,1H3. The van der Waals surface area contributed by atoms with Gasteiger partial charge in [0, 0.05) is 17.5 Å². The van der Waals surface area contributed by atoms with E-state index in [-0.39, 0.29) is 6.10 Å². The van der Waals surface area contributed by atoms with Crippen molar-refractivity contribution in [2.24, 2.45) is 0 Å². The van der Waals surface area contributed by atoms with E-state index < -0.39 is 0 Å². The van der Waals surface area contributed by atoms with E-state index >= 15 is 0 Å². The Morgan fingerprint density at radius 2 is 2.18 bits per heavy atom. The van der Waals surface area contributed by atoms with Crippen molar-refractivity contribution in [3.8, 4) is 0 Å². The van der Waals surface area contributed by atoms with Gasteiger partial charge in [0.15, 0.2) is 0 Å². The van der Waals surface area contributed by atoms with E-state index in [2.05, 4.69) is 11.9 Å². The normalized spacial score (nSPS) is 19.7. The molecule has 2 rings (SSSR count). The molecule has 1 N–H and O–H groups in total.